The summed E-state index contributed by atoms with van der Waals surface area (Å²) >= 11 is 0. The van der Waals surface area contributed by atoms with Crippen LogP contribution < -0.4 is 24.4 Å². The number of carbonyl (C=O) groups is 2. The van der Waals surface area contributed by atoms with Crippen LogP contribution in [-0.2, 0) is 19.6 Å². The van der Waals surface area contributed by atoms with E-state index in [0.717, 1.165) is 17.1 Å². The molecule has 10 nitrogen and oxygen atoms in total. The normalized spacial score (nSPS) is 16.8. The van der Waals surface area contributed by atoms with Crippen molar-refractivity contribution in [2.75, 3.05) is 41.9 Å². The number of sulfonamides is 1. The van der Waals surface area contributed by atoms with Crippen LogP contribution in [0.15, 0.2) is 42.5 Å². The number of nitrogens with zero attached hydrogens (tertiary/aromatic N) is 1. The van der Waals surface area contributed by atoms with E-state index in [9.17, 15) is 18.0 Å². The quantitative estimate of drug-likeness (QED) is 0.553. The predicted molar refractivity (Wildman–Crippen MR) is 126 cm³/mol. The lowest BCUT2D eigenvalue weighted by Gasteiger charge is -2.24. The molecule has 2 heterocycles. The molecule has 2 aromatic carbocycles. The summed E-state index contributed by atoms with van der Waals surface area (Å²) in [5, 5.41) is 5.51. The van der Waals surface area contributed by atoms with Gasteiger partial charge in [-0.3, -0.25) is 13.9 Å². The van der Waals surface area contributed by atoms with Crippen LogP contribution >= 0.6 is 0 Å². The monoisotopic (exact) mass is 489 g/mol. The van der Waals surface area contributed by atoms with Crippen LogP contribution in [0.2, 0.25) is 0 Å². The summed E-state index contributed by atoms with van der Waals surface area (Å²) in [4.78, 5) is 25.6. The molecule has 2 aliphatic heterocycles. The van der Waals surface area contributed by atoms with Crippen molar-refractivity contribution in [1.29, 1.82) is 0 Å². The first-order valence-corrected chi connectivity index (χ1v) is 12.7. The summed E-state index contributed by atoms with van der Waals surface area (Å²) in [6.07, 6.45) is 1.84. The third-order valence-corrected chi connectivity index (χ3v) is 7.33. The van der Waals surface area contributed by atoms with E-state index in [1.54, 1.807) is 36.4 Å². The number of fused-ring (bicyclic) bond motifs is 1. The molecule has 0 aliphatic carbocycles. The Morgan fingerprint density at radius 1 is 1.12 bits per heavy atom. The highest BCUT2D eigenvalue weighted by molar-refractivity contribution is 7.92. The number of ether oxygens (including phenoxy) is 3. The van der Waals surface area contributed by atoms with Crippen LogP contribution in [-0.4, -0.2) is 58.6 Å². The Morgan fingerprint density at radius 3 is 2.68 bits per heavy atom. The Labute approximate surface area is 198 Å². The highest BCUT2D eigenvalue weighted by Crippen LogP contribution is 2.36. The molecule has 0 spiro atoms. The second-order valence-corrected chi connectivity index (χ2v) is 10.1. The molecule has 0 bridgehead atoms. The number of hydrogen-bond donors (Lipinski definition) is 2. The van der Waals surface area contributed by atoms with Crippen molar-refractivity contribution < 1.29 is 32.2 Å². The fourth-order valence-corrected chi connectivity index (χ4v) is 4.82. The molecule has 2 aromatic rings. The molecule has 34 heavy (non-hydrogen) atoms. The molecule has 1 fully saturated rings. The fourth-order valence-electron chi connectivity index (χ4n) is 3.76. The van der Waals surface area contributed by atoms with Gasteiger partial charge in [-0.05, 0) is 44.0 Å². The molecular weight excluding hydrogens is 462 g/mol. The maximum absolute atomic E-state index is 12.9. The summed E-state index contributed by atoms with van der Waals surface area (Å²) in [6, 6.07) is 11.2. The van der Waals surface area contributed by atoms with Gasteiger partial charge in [-0.25, -0.2) is 8.42 Å². The minimum atomic E-state index is -3.78. The van der Waals surface area contributed by atoms with Gasteiger partial charge in [-0.15, -0.1) is 0 Å². The van der Waals surface area contributed by atoms with Gasteiger partial charge < -0.3 is 24.8 Å². The van der Waals surface area contributed by atoms with Crippen molar-refractivity contribution in [3.05, 3.63) is 48.0 Å². The standard InChI is InChI=1S/C23H27N3O7S/c1-2-34(29,30)26(16-9-10-20-21(12-16)33-15-32-20)14-22(27)25-19-8-4-3-7-18(19)23(28)24-13-17-6-5-11-31-17/h3-4,7-10,12,17H,2,5-6,11,13-15H2,1H3,(H,24,28)(H,25,27)/t17-/m1/s1. The van der Waals surface area contributed by atoms with Crippen molar-refractivity contribution >= 4 is 33.2 Å². The second-order valence-electron chi connectivity index (χ2n) is 7.88. The van der Waals surface area contributed by atoms with Gasteiger partial charge in [-0.2, -0.15) is 0 Å². The zero-order chi connectivity index (χ0) is 24.1. The summed E-state index contributed by atoms with van der Waals surface area (Å²) in [5.74, 6) is -0.224. The number of para-hydroxylation sites is 1. The summed E-state index contributed by atoms with van der Waals surface area (Å²) in [5.41, 5.74) is 0.850. The van der Waals surface area contributed by atoms with Gasteiger partial charge in [-0.1, -0.05) is 12.1 Å². The van der Waals surface area contributed by atoms with Crippen LogP contribution in [0.4, 0.5) is 11.4 Å². The van der Waals surface area contributed by atoms with E-state index in [4.69, 9.17) is 14.2 Å². The summed E-state index contributed by atoms with van der Waals surface area (Å²) in [6.45, 7) is 2.15. The van der Waals surface area contributed by atoms with Crippen LogP contribution in [0, 0.1) is 0 Å². The van der Waals surface area contributed by atoms with Gasteiger partial charge >= 0.3 is 0 Å². The lowest BCUT2D eigenvalue weighted by atomic mass is 10.1. The third kappa shape index (κ3) is 5.42. The van der Waals surface area contributed by atoms with Gasteiger partial charge in [0, 0.05) is 19.2 Å². The van der Waals surface area contributed by atoms with E-state index in [-0.39, 0.29) is 41.5 Å². The zero-order valence-electron chi connectivity index (χ0n) is 18.8. The maximum atomic E-state index is 12.9. The molecule has 0 radical (unpaired) electrons. The minimum absolute atomic E-state index is 0.0137. The highest BCUT2D eigenvalue weighted by Gasteiger charge is 2.26. The number of amides is 2. The molecule has 2 aliphatic rings. The first-order valence-electron chi connectivity index (χ1n) is 11.1. The number of carbonyl (C=O) groups excluding carboxylic acids is 2. The smallest absolute Gasteiger partial charge is 0.253 e. The van der Waals surface area contributed by atoms with Crippen LogP contribution in [0.1, 0.15) is 30.1 Å². The van der Waals surface area contributed by atoms with Crippen LogP contribution in [0.3, 0.4) is 0 Å². The molecule has 182 valence electrons. The molecule has 4 rings (SSSR count). The molecule has 0 aromatic heterocycles. The van der Waals surface area contributed by atoms with Crippen molar-refractivity contribution in [1.82, 2.24) is 5.32 Å². The van der Waals surface area contributed by atoms with Crippen molar-refractivity contribution in [2.45, 2.75) is 25.9 Å². The van der Waals surface area contributed by atoms with Gasteiger partial charge in [0.25, 0.3) is 5.91 Å². The van der Waals surface area contributed by atoms with E-state index in [0.29, 0.717) is 24.7 Å². The Kier molecular flexibility index (Phi) is 7.23. The minimum Gasteiger partial charge on any atom is -0.454 e. The van der Waals surface area contributed by atoms with E-state index in [1.807, 2.05) is 0 Å². The first-order chi connectivity index (χ1) is 16.4. The molecular formula is C23H27N3O7S. The second kappa shape index (κ2) is 10.3. The maximum Gasteiger partial charge on any atom is 0.253 e. The van der Waals surface area contributed by atoms with Gasteiger partial charge in [0.05, 0.1) is 28.8 Å². The van der Waals surface area contributed by atoms with E-state index >= 15 is 0 Å². The number of anilines is 2. The van der Waals surface area contributed by atoms with E-state index < -0.39 is 22.5 Å². The molecule has 11 heteroatoms. The Balaban J connectivity index is 1.48. The third-order valence-electron chi connectivity index (χ3n) is 5.59. The lowest BCUT2D eigenvalue weighted by Crippen LogP contribution is -2.39. The molecule has 0 unspecified atom stereocenters. The number of hydrogen-bond acceptors (Lipinski definition) is 7. The van der Waals surface area contributed by atoms with Crippen molar-refractivity contribution in [2.24, 2.45) is 0 Å². The van der Waals surface area contributed by atoms with Gasteiger partial charge in [0.1, 0.15) is 6.54 Å². The predicted octanol–water partition coefficient (Wildman–Crippen LogP) is 2.12. The Hall–Kier alpha value is -3.31. The lowest BCUT2D eigenvalue weighted by molar-refractivity contribution is -0.114. The van der Waals surface area contributed by atoms with Crippen molar-refractivity contribution in [3.63, 3.8) is 0 Å². The molecule has 1 saturated heterocycles. The van der Waals surface area contributed by atoms with Gasteiger partial charge in [0.2, 0.25) is 22.7 Å². The van der Waals surface area contributed by atoms with Crippen molar-refractivity contribution in [3.8, 4) is 11.5 Å². The van der Waals surface area contributed by atoms with Crippen LogP contribution in [0.5, 0.6) is 11.5 Å². The zero-order valence-corrected chi connectivity index (χ0v) is 19.6. The topological polar surface area (TPSA) is 123 Å². The fraction of sp³-hybridized carbons (Fsp3) is 0.391. The molecule has 1 atom stereocenters. The van der Waals surface area contributed by atoms with Crippen LogP contribution in [0.25, 0.3) is 0 Å². The number of rotatable bonds is 9. The number of benzene rings is 2. The average molecular weight is 490 g/mol. The van der Waals surface area contributed by atoms with E-state index in [1.165, 1.54) is 13.0 Å². The van der Waals surface area contributed by atoms with Gasteiger partial charge in [0.15, 0.2) is 11.5 Å². The molecule has 2 N–H and O–H groups in total. The first kappa shape index (κ1) is 23.8. The SMILES string of the molecule is CCS(=O)(=O)N(CC(=O)Nc1ccccc1C(=O)NC[C@H]1CCCO1)c1ccc2c(c1)OCO2. The summed E-state index contributed by atoms with van der Waals surface area (Å²) < 4.78 is 42.7. The largest absolute Gasteiger partial charge is 0.454 e. The average Bonchev–Trinajstić information content (AvgIpc) is 3.52. The number of nitrogens with one attached hydrogen (secondary N) is 2. The molecule has 2 amide bonds. The highest BCUT2D eigenvalue weighted by atomic mass is 32.2. The Bertz CT molecular complexity index is 1160. The van der Waals surface area contributed by atoms with E-state index in [2.05, 4.69) is 10.6 Å². The summed E-state index contributed by atoms with van der Waals surface area (Å²) in [7, 11) is -3.78. The molecule has 0 saturated carbocycles. The Morgan fingerprint density at radius 2 is 1.91 bits per heavy atom.